The third kappa shape index (κ3) is 2.26. The standard InChI is InChI=1S/C14H11ClN4S/c1-18-13(10-4-3-7-16-9-10)17-14(20)19(18)12-6-2-5-11(15)8-12/h2-9H,1H3. The summed E-state index contributed by atoms with van der Waals surface area (Å²) in [5.41, 5.74) is 1.80. The Labute approximate surface area is 126 Å². The number of aromatic nitrogens is 4. The van der Waals surface area contributed by atoms with Crippen LogP contribution in [-0.4, -0.2) is 19.3 Å². The van der Waals surface area contributed by atoms with Crippen LogP contribution in [-0.2, 0) is 7.05 Å². The number of nitrogens with zero attached hydrogens (tertiary/aromatic N) is 4. The number of benzene rings is 1. The van der Waals surface area contributed by atoms with E-state index in [2.05, 4.69) is 9.97 Å². The molecule has 0 N–H and O–H groups in total. The molecular weight excluding hydrogens is 292 g/mol. The molecule has 1 aromatic carbocycles. The van der Waals surface area contributed by atoms with Gasteiger partial charge in [-0.05, 0) is 42.5 Å². The summed E-state index contributed by atoms with van der Waals surface area (Å²) in [5.74, 6) is 0.767. The highest BCUT2D eigenvalue weighted by atomic mass is 35.5. The number of pyridine rings is 1. The Balaban J connectivity index is 2.20. The Kier molecular flexibility index (Phi) is 3.38. The van der Waals surface area contributed by atoms with Crippen LogP contribution in [0.15, 0.2) is 48.8 Å². The molecule has 0 aliphatic rings. The van der Waals surface area contributed by atoms with E-state index < -0.39 is 0 Å². The van der Waals surface area contributed by atoms with Crippen molar-refractivity contribution in [2.45, 2.75) is 0 Å². The summed E-state index contributed by atoms with van der Waals surface area (Å²) in [7, 11) is 1.91. The minimum atomic E-state index is 0.480. The molecule has 3 rings (SSSR count). The second kappa shape index (κ2) is 5.19. The quantitative estimate of drug-likeness (QED) is 0.678. The van der Waals surface area contributed by atoms with Gasteiger partial charge in [0.1, 0.15) is 0 Å². The molecule has 0 radical (unpaired) electrons. The second-order valence-corrected chi connectivity index (χ2v) is 5.08. The van der Waals surface area contributed by atoms with Crippen LogP contribution in [0, 0.1) is 4.77 Å². The first kappa shape index (κ1) is 13.0. The van der Waals surface area contributed by atoms with E-state index in [1.807, 2.05) is 52.8 Å². The summed E-state index contributed by atoms with van der Waals surface area (Å²) in [5, 5.41) is 0.661. The number of rotatable bonds is 2. The van der Waals surface area contributed by atoms with Crippen LogP contribution >= 0.6 is 23.8 Å². The molecule has 0 aliphatic heterocycles. The molecule has 0 atom stereocenters. The maximum Gasteiger partial charge on any atom is 0.221 e. The van der Waals surface area contributed by atoms with E-state index in [1.165, 1.54) is 0 Å². The van der Waals surface area contributed by atoms with Crippen molar-refractivity contribution >= 4 is 23.8 Å². The lowest BCUT2D eigenvalue weighted by atomic mass is 10.3. The van der Waals surface area contributed by atoms with Crippen LogP contribution in [0.1, 0.15) is 0 Å². The molecule has 0 unspecified atom stereocenters. The second-order valence-electron chi connectivity index (χ2n) is 4.27. The summed E-state index contributed by atoms with van der Waals surface area (Å²) < 4.78 is 4.21. The van der Waals surface area contributed by atoms with Crippen molar-refractivity contribution in [3.8, 4) is 17.1 Å². The van der Waals surface area contributed by atoms with Crippen molar-refractivity contribution in [1.82, 2.24) is 19.3 Å². The van der Waals surface area contributed by atoms with Gasteiger partial charge in [0.2, 0.25) is 4.77 Å². The van der Waals surface area contributed by atoms with E-state index in [9.17, 15) is 0 Å². The van der Waals surface area contributed by atoms with E-state index in [0.717, 1.165) is 17.1 Å². The molecule has 0 fully saturated rings. The maximum absolute atomic E-state index is 6.04. The van der Waals surface area contributed by atoms with Gasteiger partial charge in [-0.25, -0.2) is 4.68 Å². The average Bonchev–Trinajstić information content (AvgIpc) is 2.75. The molecule has 2 aromatic heterocycles. The van der Waals surface area contributed by atoms with Gasteiger partial charge in [0, 0.05) is 30.0 Å². The first-order valence-electron chi connectivity index (χ1n) is 5.99. The zero-order valence-corrected chi connectivity index (χ0v) is 12.3. The monoisotopic (exact) mass is 302 g/mol. The van der Waals surface area contributed by atoms with Crippen molar-refractivity contribution in [2.75, 3.05) is 0 Å². The van der Waals surface area contributed by atoms with Crippen LogP contribution < -0.4 is 0 Å². The first-order valence-corrected chi connectivity index (χ1v) is 6.78. The Hall–Kier alpha value is -1.98. The van der Waals surface area contributed by atoms with Gasteiger partial charge in [-0.3, -0.25) is 9.67 Å². The highest BCUT2D eigenvalue weighted by molar-refractivity contribution is 7.71. The highest BCUT2D eigenvalue weighted by Crippen LogP contribution is 2.20. The molecule has 2 heterocycles. The molecule has 3 aromatic rings. The molecule has 4 nitrogen and oxygen atoms in total. The lowest BCUT2D eigenvalue weighted by Crippen LogP contribution is -2.07. The van der Waals surface area contributed by atoms with Crippen molar-refractivity contribution in [2.24, 2.45) is 7.05 Å². The molecule has 0 saturated carbocycles. The van der Waals surface area contributed by atoms with Gasteiger partial charge in [-0.1, -0.05) is 17.7 Å². The largest absolute Gasteiger partial charge is 0.264 e. The van der Waals surface area contributed by atoms with Gasteiger partial charge in [0.15, 0.2) is 5.82 Å². The predicted octanol–water partition coefficient (Wildman–Crippen LogP) is 3.66. The van der Waals surface area contributed by atoms with Crippen molar-refractivity contribution in [3.05, 3.63) is 58.6 Å². The predicted molar refractivity (Wildman–Crippen MR) is 81.6 cm³/mol. The van der Waals surface area contributed by atoms with Crippen LogP contribution in [0.3, 0.4) is 0 Å². The van der Waals surface area contributed by atoms with E-state index in [4.69, 9.17) is 23.8 Å². The van der Waals surface area contributed by atoms with Crippen LogP contribution in [0.25, 0.3) is 17.1 Å². The number of hydrogen-bond donors (Lipinski definition) is 0. The van der Waals surface area contributed by atoms with E-state index in [1.54, 1.807) is 12.4 Å². The Morgan fingerprint density at radius 3 is 2.75 bits per heavy atom. The van der Waals surface area contributed by atoms with Crippen LogP contribution in [0.5, 0.6) is 0 Å². The molecule has 6 heteroatoms. The van der Waals surface area contributed by atoms with Gasteiger partial charge in [-0.15, -0.1) is 0 Å². The fourth-order valence-corrected chi connectivity index (χ4v) is 2.57. The summed E-state index contributed by atoms with van der Waals surface area (Å²) in [6.45, 7) is 0. The van der Waals surface area contributed by atoms with Crippen LogP contribution in [0.4, 0.5) is 0 Å². The van der Waals surface area contributed by atoms with Gasteiger partial charge in [0.05, 0.1) is 5.69 Å². The smallest absolute Gasteiger partial charge is 0.221 e. The van der Waals surface area contributed by atoms with E-state index >= 15 is 0 Å². The molecule has 20 heavy (non-hydrogen) atoms. The van der Waals surface area contributed by atoms with E-state index in [0.29, 0.717) is 9.79 Å². The maximum atomic E-state index is 6.04. The number of hydrogen-bond acceptors (Lipinski definition) is 3. The Bertz CT molecular complexity index is 808. The lowest BCUT2D eigenvalue weighted by Gasteiger charge is -2.09. The third-order valence-electron chi connectivity index (χ3n) is 2.96. The molecule has 0 bridgehead atoms. The minimum Gasteiger partial charge on any atom is -0.264 e. The molecular formula is C14H11ClN4S. The van der Waals surface area contributed by atoms with Crippen molar-refractivity contribution in [3.63, 3.8) is 0 Å². The highest BCUT2D eigenvalue weighted by Gasteiger charge is 2.11. The fraction of sp³-hybridized carbons (Fsp3) is 0.0714. The average molecular weight is 303 g/mol. The molecule has 0 amide bonds. The first-order chi connectivity index (χ1) is 9.66. The Morgan fingerprint density at radius 2 is 2.05 bits per heavy atom. The van der Waals surface area contributed by atoms with Crippen molar-refractivity contribution < 1.29 is 0 Å². The molecule has 100 valence electrons. The summed E-state index contributed by atoms with van der Waals surface area (Å²) in [4.78, 5) is 8.55. The lowest BCUT2D eigenvalue weighted by molar-refractivity contribution is 0.662. The number of halogens is 1. The van der Waals surface area contributed by atoms with Crippen molar-refractivity contribution in [1.29, 1.82) is 0 Å². The SMILES string of the molecule is Cn1c(-c2cccnc2)nc(=S)n1-c1cccc(Cl)c1. The fourth-order valence-electron chi connectivity index (χ4n) is 2.07. The van der Waals surface area contributed by atoms with E-state index in [-0.39, 0.29) is 0 Å². The van der Waals surface area contributed by atoms with Gasteiger partial charge in [-0.2, -0.15) is 4.98 Å². The third-order valence-corrected chi connectivity index (χ3v) is 3.46. The van der Waals surface area contributed by atoms with Gasteiger partial charge >= 0.3 is 0 Å². The van der Waals surface area contributed by atoms with Gasteiger partial charge in [0.25, 0.3) is 0 Å². The van der Waals surface area contributed by atoms with Gasteiger partial charge < -0.3 is 0 Å². The molecule has 0 saturated heterocycles. The summed E-state index contributed by atoms with van der Waals surface area (Å²) in [6, 6.07) is 11.3. The molecule has 0 aliphatic carbocycles. The zero-order valence-electron chi connectivity index (χ0n) is 10.7. The summed E-state index contributed by atoms with van der Waals surface area (Å²) >= 11 is 11.4. The normalized spacial score (nSPS) is 10.7. The topological polar surface area (TPSA) is 35.6 Å². The summed E-state index contributed by atoms with van der Waals surface area (Å²) in [6.07, 6.45) is 3.49. The minimum absolute atomic E-state index is 0.480. The Morgan fingerprint density at radius 1 is 1.20 bits per heavy atom. The zero-order chi connectivity index (χ0) is 14.1. The molecule has 0 spiro atoms. The van der Waals surface area contributed by atoms with Crippen LogP contribution in [0.2, 0.25) is 5.02 Å².